The Morgan fingerprint density at radius 1 is 1.33 bits per heavy atom. The molecule has 0 aliphatic carbocycles. The van der Waals surface area contributed by atoms with Gasteiger partial charge in [-0.25, -0.2) is 13.1 Å². The molecule has 1 aromatic carbocycles. The van der Waals surface area contributed by atoms with E-state index in [0.717, 1.165) is 11.3 Å². The van der Waals surface area contributed by atoms with Gasteiger partial charge < -0.3 is 0 Å². The molecule has 10 heteroatoms. The molecule has 1 amide bonds. The zero-order valence-corrected chi connectivity index (χ0v) is 13.2. The van der Waals surface area contributed by atoms with Gasteiger partial charge in [0.2, 0.25) is 9.47 Å². The number of amides is 1. The topological polar surface area (TPSA) is 101 Å². The molecular weight excluding hydrogens is 336 g/mol. The fraction of sp³-hybridized carbons (Fsp3) is 0.182. The van der Waals surface area contributed by atoms with Gasteiger partial charge in [-0.2, -0.15) is 0 Å². The predicted molar refractivity (Wildman–Crippen MR) is 80.2 cm³/mol. The number of benzene rings is 1. The summed E-state index contributed by atoms with van der Waals surface area (Å²) < 4.78 is 25.5. The van der Waals surface area contributed by atoms with Crippen LogP contribution in [0.25, 0.3) is 0 Å². The highest BCUT2D eigenvalue weighted by molar-refractivity contribution is 7.91. The summed E-state index contributed by atoms with van der Waals surface area (Å²) in [4.78, 5) is 12.0. The van der Waals surface area contributed by atoms with Gasteiger partial charge in [-0.15, -0.1) is 10.2 Å². The van der Waals surface area contributed by atoms with E-state index in [1.807, 2.05) is 0 Å². The van der Waals surface area contributed by atoms with Crippen molar-refractivity contribution in [2.75, 3.05) is 11.9 Å². The highest BCUT2D eigenvalue weighted by Crippen LogP contribution is 2.22. The third kappa shape index (κ3) is 3.76. The Morgan fingerprint density at radius 3 is 2.71 bits per heavy atom. The Morgan fingerprint density at radius 2 is 2.05 bits per heavy atom. The summed E-state index contributed by atoms with van der Waals surface area (Å²) in [6.07, 6.45) is 0. The van der Waals surface area contributed by atoms with Crippen LogP contribution >= 0.6 is 22.9 Å². The van der Waals surface area contributed by atoms with Gasteiger partial charge in [-0.1, -0.05) is 42.0 Å². The number of sulfonamides is 1. The molecule has 0 aliphatic heterocycles. The number of hydrogen-bond donors (Lipinski definition) is 2. The average Bonchev–Trinajstić information content (AvgIpc) is 2.88. The lowest BCUT2D eigenvalue weighted by molar-refractivity contribution is 0.102. The summed E-state index contributed by atoms with van der Waals surface area (Å²) >= 11 is 6.67. The van der Waals surface area contributed by atoms with Crippen LogP contribution in [0.2, 0.25) is 5.02 Å². The van der Waals surface area contributed by atoms with Crippen LogP contribution in [0.1, 0.15) is 17.3 Å². The lowest BCUT2D eigenvalue weighted by Crippen LogP contribution is -2.22. The molecule has 0 atom stereocenters. The molecule has 0 radical (unpaired) electrons. The van der Waals surface area contributed by atoms with E-state index < -0.39 is 15.9 Å². The van der Waals surface area contributed by atoms with Gasteiger partial charge in [0.1, 0.15) is 0 Å². The highest BCUT2D eigenvalue weighted by Gasteiger charge is 2.20. The number of halogens is 1. The van der Waals surface area contributed by atoms with Crippen molar-refractivity contribution < 1.29 is 13.2 Å². The molecule has 0 saturated heterocycles. The summed E-state index contributed by atoms with van der Waals surface area (Å²) in [7, 11) is -3.68. The van der Waals surface area contributed by atoms with E-state index in [-0.39, 0.29) is 21.6 Å². The number of nitrogens with zero attached hydrogens (tertiary/aromatic N) is 2. The van der Waals surface area contributed by atoms with Crippen LogP contribution in [0, 0.1) is 0 Å². The Hall–Kier alpha value is -1.55. The second kappa shape index (κ2) is 6.48. The number of aromatic nitrogens is 2. The molecule has 112 valence electrons. The van der Waals surface area contributed by atoms with Crippen molar-refractivity contribution in [2.45, 2.75) is 11.3 Å². The van der Waals surface area contributed by atoms with E-state index in [2.05, 4.69) is 20.2 Å². The molecule has 0 aliphatic rings. The van der Waals surface area contributed by atoms with Crippen molar-refractivity contribution in [3.63, 3.8) is 0 Å². The second-order valence-corrected chi connectivity index (χ2v) is 7.13. The lowest BCUT2D eigenvalue weighted by Gasteiger charge is -2.02. The molecule has 7 nitrogen and oxygen atoms in total. The second-order valence-electron chi connectivity index (χ2n) is 3.81. The molecule has 2 aromatic rings. The number of nitrogens with one attached hydrogen (secondary N) is 2. The van der Waals surface area contributed by atoms with E-state index in [1.54, 1.807) is 31.2 Å². The third-order valence-corrected chi connectivity index (χ3v) is 5.39. The minimum atomic E-state index is -3.68. The fourth-order valence-corrected chi connectivity index (χ4v) is 3.63. The first-order chi connectivity index (χ1) is 9.94. The SMILES string of the molecule is CCNS(=O)(=O)c1nnc(NC(=O)c2ccccc2Cl)s1. The van der Waals surface area contributed by atoms with E-state index in [1.165, 1.54) is 0 Å². The number of carbonyl (C=O) groups is 1. The van der Waals surface area contributed by atoms with Gasteiger partial charge in [0.25, 0.3) is 15.9 Å². The van der Waals surface area contributed by atoms with E-state index in [9.17, 15) is 13.2 Å². The van der Waals surface area contributed by atoms with Crippen LogP contribution in [0.4, 0.5) is 5.13 Å². The van der Waals surface area contributed by atoms with Crippen LogP contribution in [0.15, 0.2) is 28.6 Å². The maximum Gasteiger partial charge on any atom is 0.269 e. The Bertz CT molecular complexity index is 760. The molecule has 0 fully saturated rings. The summed E-state index contributed by atoms with van der Waals surface area (Å²) in [5, 5.41) is 10.0. The van der Waals surface area contributed by atoms with Crippen LogP contribution < -0.4 is 10.0 Å². The highest BCUT2D eigenvalue weighted by atomic mass is 35.5. The van der Waals surface area contributed by atoms with Crippen molar-refractivity contribution in [3.05, 3.63) is 34.9 Å². The van der Waals surface area contributed by atoms with Crippen molar-refractivity contribution in [3.8, 4) is 0 Å². The Kier molecular flexibility index (Phi) is 4.88. The van der Waals surface area contributed by atoms with Crippen molar-refractivity contribution in [1.82, 2.24) is 14.9 Å². The minimum Gasteiger partial charge on any atom is -0.296 e. The van der Waals surface area contributed by atoms with E-state index in [4.69, 9.17) is 11.6 Å². The van der Waals surface area contributed by atoms with Crippen molar-refractivity contribution in [1.29, 1.82) is 0 Å². The smallest absolute Gasteiger partial charge is 0.269 e. The summed E-state index contributed by atoms with van der Waals surface area (Å²) in [5.74, 6) is -0.482. The van der Waals surface area contributed by atoms with Crippen molar-refractivity contribution in [2.24, 2.45) is 0 Å². The Balaban J connectivity index is 2.17. The summed E-state index contributed by atoms with van der Waals surface area (Å²) in [5.41, 5.74) is 0.269. The molecule has 0 unspecified atom stereocenters. The van der Waals surface area contributed by atoms with Gasteiger partial charge >= 0.3 is 0 Å². The monoisotopic (exact) mass is 346 g/mol. The summed E-state index contributed by atoms with van der Waals surface area (Å²) in [6, 6.07) is 6.50. The maximum atomic E-state index is 12.0. The number of carbonyl (C=O) groups excluding carboxylic acids is 1. The molecule has 2 N–H and O–H groups in total. The van der Waals surface area contributed by atoms with E-state index in [0.29, 0.717) is 5.02 Å². The average molecular weight is 347 g/mol. The van der Waals surface area contributed by atoms with Gasteiger partial charge in [-0.05, 0) is 12.1 Å². The molecule has 0 saturated carbocycles. The molecule has 1 aromatic heterocycles. The first-order valence-electron chi connectivity index (χ1n) is 5.83. The largest absolute Gasteiger partial charge is 0.296 e. The zero-order chi connectivity index (χ0) is 15.5. The van der Waals surface area contributed by atoms with Crippen LogP contribution in [0.5, 0.6) is 0 Å². The summed E-state index contributed by atoms with van der Waals surface area (Å²) in [6.45, 7) is 1.89. The molecular formula is C11H11ClN4O3S2. The van der Waals surface area contributed by atoms with Crippen LogP contribution in [0.3, 0.4) is 0 Å². The van der Waals surface area contributed by atoms with Crippen LogP contribution in [-0.4, -0.2) is 31.1 Å². The van der Waals surface area contributed by atoms with Gasteiger partial charge in [-0.3, -0.25) is 10.1 Å². The van der Waals surface area contributed by atoms with Gasteiger partial charge in [0.15, 0.2) is 0 Å². The molecule has 2 rings (SSSR count). The molecule has 21 heavy (non-hydrogen) atoms. The van der Waals surface area contributed by atoms with Crippen molar-refractivity contribution >= 4 is 44.0 Å². The zero-order valence-electron chi connectivity index (χ0n) is 10.8. The van der Waals surface area contributed by atoms with Crippen LogP contribution in [-0.2, 0) is 10.0 Å². The maximum absolute atomic E-state index is 12.0. The first-order valence-corrected chi connectivity index (χ1v) is 8.51. The minimum absolute atomic E-state index is 0.0800. The quantitative estimate of drug-likeness (QED) is 0.803. The first kappa shape index (κ1) is 15.8. The molecule has 1 heterocycles. The normalized spacial score (nSPS) is 11.3. The number of rotatable bonds is 5. The van der Waals surface area contributed by atoms with Gasteiger partial charge in [0.05, 0.1) is 10.6 Å². The third-order valence-electron chi connectivity index (χ3n) is 2.31. The predicted octanol–water partition coefficient (Wildman–Crippen LogP) is 1.74. The van der Waals surface area contributed by atoms with Gasteiger partial charge in [0, 0.05) is 6.54 Å². The van der Waals surface area contributed by atoms with E-state index >= 15 is 0 Å². The number of anilines is 1. The standard InChI is InChI=1S/C11H11ClN4O3S2/c1-2-13-21(18,19)11-16-15-10(20-11)14-9(17)7-5-3-4-6-8(7)12/h3-6,13H,2H2,1H3,(H,14,15,17). The molecule has 0 spiro atoms. The Labute approximate surface area is 130 Å². The number of hydrogen-bond acceptors (Lipinski definition) is 6. The lowest BCUT2D eigenvalue weighted by atomic mass is 10.2. The molecule has 0 bridgehead atoms. The fourth-order valence-electron chi connectivity index (χ4n) is 1.43.